The van der Waals surface area contributed by atoms with E-state index in [2.05, 4.69) is 0 Å². The van der Waals surface area contributed by atoms with Crippen LogP contribution in [0.5, 0.6) is 5.75 Å². The van der Waals surface area contributed by atoms with Crippen molar-refractivity contribution in [3.05, 3.63) is 29.3 Å². The lowest BCUT2D eigenvalue weighted by atomic mass is 9.99. The first-order valence-electron chi connectivity index (χ1n) is 6.38. The number of aliphatic hydroxyl groups is 1. The minimum absolute atomic E-state index is 0.0447. The Morgan fingerprint density at radius 3 is 2.39 bits per heavy atom. The molecule has 1 aromatic carbocycles. The summed E-state index contributed by atoms with van der Waals surface area (Å²) >= 11 is 0. The average Bonchev–Trinajstić information content (AvgIpc) is 2.36. The second-order valence-electron chi connectivity index (χ2n) is 4.76. The zero-order chi connectivity index (χ0) is 13.8. The minimum atomic E-state index is -0.772. The summed E-state index contributed by atoms with van der Waals surface area (Å²) in [5.41, 5.74) is 0.824. The molecule has 0 aliphatic rings. The first-order chi connectivity index (χ1) is 8.41. The maximum absolute atomic E-state index is 11.2. The lowest BCUT2D eigenvalue weighted by Gasteiger charge is -2.25. The van der Waals surface area contributed by atoms with Crippen molar-refractivity contribution in [3.8, 4) is 5.75 Å². The number of carbonyl (C=O) groups is 1. The maximum Gasteiger partial charge on any atom is 0.159 e. The molecule has 3 heteroatoms. The fraction of sp³-hybridized carbons (Fsp3) is 0.533. The van der Waals surface area contributed by atoms with Gasteiger partial charge in [-0.3, -0.25) is 4.79 Å². The number of carbonyl (C=O) groups excluding carboxylic acids is 1. The van der Waals surface area contributed by atoms with Gasteiger partial charge in [0.05, 0.1) is 5.60 Å². The van der Waals surface area contributed by atoms with Crippen LogP contribution < -0.4 is 4.74 Å². The van der Waals surface area contributed by atoms with Gasteiger partial charge >= 0.3 is 0 Å². The highest BCUT2D eigenvalue weighted by molar-refractivity contribution is 5.94. The molecule has 0 radical (unpaired) electrons. The third-order valence-corrected chi connectivity index (χ3v) is 3.39. The number of ether oxygens (including phenoxy) is 1. The Balaban J connectivity index is 2.77. The van der Waals surface area contributed by atoms with Gasteiger partial charge < -0.3 is 9.84 Å². The molecule has 0 aliphatic heterocycles. The molecule has 0 saturated carbocycles. The number of benzene rings is 1. The lowest BCUT2D eigenvalue weighted by molar-refractivity contribution is -0.0115. The van der Waals surface area contributed by atoms with Gasteiger partial charge in [-0.05, 0) is 50.5 Å². The Kier molecular flexibility index (Phi) is 4.91. The number of hydrogen-bond donors (Lipinski definition) is 1. The van der Waals surface area contributed by atoms with Gasteiger partial charge in [-0.2, -0.15) is 0 Å². The van der Waals surface area contributed by atoms with Crippen molar-refractivity contribution < 1.29 is 14.6 Å². The van der Waals surface area contributed by atoms with Crippen LogP contribution in [0.3, 0.4) is 0 Å². The summed E-state index contributed by atoms with van der Waals surface area (Å²) in [4.78, 5) is 11.2. The molecule has 0 fully saturated rings. The SMILES string of the molecule is CCC(O)(CC)COc1ccc(C(C)=O)cc1C. The van der Waals surface area contributed by atoms with Crippen LogP contribution in [0.4, 0.5) is 0 Å². The molecule has 3 nitrogen and oxygen atoms in total. The second kappa shape index (κ2) is 6.01. The molecule has 1 aromatic rings. The van der Waals surface area contributed by atoms with Crippen LogP contribution >= 0.6 is 0 Å². The molecule has 0 spiro atoms. The van der Waals surface area contributed by atoms with Crippen molar-refractivity contribution in [2.45, 2.75) is 46.1 Å². The van der Waals surface area contributed by atoms with E-state index in [1.807, 2.05) is 26.8 Å². The van der Waals surface area contributed by atoms with Crippen molar-refractivity contribution in [2.75, 3.05) is 6.61 Å². The first kappa shape index (κ1) is 14.7. The van der Waals surface area contributed by atoms with E-state index >= 15 is 0 Å². The molecule has 0 amide bonds. The molecule has 0 aliphatic carbocycles. The number of hydrogen-bond acceptors (Lipinski definition) is 3. The first-order valence-corrected chi connectivity index (χ1v) is 6.38. The maximum atomic E-state index is 11.2. The van der Waals surface area contributed by atoms with Gasteiger partial charge in [-0.25, -0.2) is 0 Å². The summed E-state index contributed by atoms with van der Waals surface area (Å²) in [5, 5.41) is 10.1. The zero-order valence-corrected chi connectivity index (χ0v) is 11.6. The van der Waals surface area contributed by atoms with Gasteiger partial charge in [-0.15, -0.1) is 0 Å². The average molecular weight is 250 g/mol. The molecule has 0 atom stereocenters. The van der Waals surface area contributed by atoms with Gasteiger partial charge in [0.15, 0.2) is 5.78 Å². The number of Topliss-reactive ketones (excluding diaryl/α,β-unsaturated/α-hetero) is 1. The summed E-state index contributed by atoms with van der Waals surface area (Å²) in [5.74, 6) is 0.767. The van der Waals surface area contributed by atoms with Crippen molar-refractivity contribution in [1.29, 1.82) is 0 Å². The van der Waals surface area contributed by atoms with Crippen molar-refractivity contribution in [2.24, 2.45) is 0 Å². The highest BCUT2D eigenvalue weighted by atomic mass is 16.5. The fourth-order valence-corrected chi connectivity index (χ4v) is 1.70. The van der Waals surface area contributed by atoms with E-state index in [9.17, 15) is 9.90 Å². The van der Waals surface area contributed by atoms with Gasteiger partial charge in [-0.1, -0.05) is 13.8 Å². The molecular formula is C15H22O3. The van der Waals surface area contributed by atoms with E-state index in [4.69, 9.17) is 4.74 Å². The number of ketones is 1. The Labute approximate surface area is 109 Å². The molecule has 100 valence electrons. The molecule has 0 saturated heterocycles. The van der Waals surface area contributed by atoms with E-state index in [1.54, 1.807) is 19.1 Å². The van der Waals surface area contributed by atoms with Crippen molar-refractivity contribution in [3.63, 3.8) is 0 Å². The highest BCUT2D eigenvalue weighted by Gasteiger charge is 2.23. The molecule has 0 aromatic heterocycles. The normalized spacial score (nSPS) is 11.4. The number of aryl methyl sites for hydroxylation is 1. The van der Waals surface area contributed by atoms with Crippen LogP contribution in [-0.4, -0.2) is 23.1 Å². The molecule has 0 heterocycles. The topological polar surface area (TPSA) is 46.5 Å². The second-order valence-corrected chi connectivity index (χ2v) is 4.76. The van der Waals surface area contributed by atoms with Crippen LogP contribution in [-0.2, 0) is 0 Å². The van der Waals surface area contributed by atoms with Crippen LogP contribution in [0.15, 0.2) is 18.2 Å². The Bertz CT molecular complexity index is 420. The van der Waals surface area contributed by atoms with E-state index in [0.29, 0.717) is 18.4 Å². The third-order valence-electron chi connectivity index (χ3n) is 3.39. The van der Waals surface area contributed by atoms with Gasteiger partial charge in [0.1, 0.15) is 12.4 Å². The van der Waals surface area contributed by atoms with Crippen molar-refractivity contribution in [1.82, 2.24) is 0 Å². The number of rotatable bonds is 6. The van der Waals surface area contributed by atoms with Crippen molar-refractivity contribution >= 4 is 5.78 Å². The zero-order valence-electron chi connectivity index (χ0n) is 11.6. The van der Waals surface area contributed by atoms with Crippen LogP contribution in [0.1, 0.15) is 49.5 Å². The summed E-state index contributed by atoms with van der Waals surface area (Å²) in [6.07, 6.45) is 1.32. The Morgan fingerprint density at radius 2 is 1.94 bits per heavy atom. The molecular weight excluding hydrogens is 228 g/mol. The van der Waals surface area contributed by atoms with Gasteiger partial charge in [0, 0.05) is 5.56 Å². The van der Waals surface area contributed by atoms with Gasteiger partial charge in [0.2, 0.25) is 0 Å². The van der Waals surface area contributed by atoms with E-state index in [-0.39, 0.29) is 12.4 Å². The monoisotopic (exact) mass is 250 g/mol. The van der Waals surface area contributed by atoms with E-state index < -0.39 is 5.60 Å². The fourth-order valence-electron chi connectivity index (χ4n) is 1.70. The standard InChI is InChI=1S/C15H22O3/c1-5-15(17,6-2)10-18-14-8-7-13(12(4)16)9-11(14)3/h7-9,17H,5-6,10H2,1-4H3. The van der Waals surface area contributed by atoms with Crippen LogP contribution in [0, 0.1) is 6.92 Å². The molecule has 1 N–H and O–H groups in total. The molecule has 1 rings (SSSR count). The summed E-state index contributed by atoms with van der Waals surface area (Å²) < 4.78 is 5.66. The Hall–Kier alpha value is -1.35. The summed E-state index contributed by atoms with van der Waals surface area (Å²) in [7, 11) is 0. The molecule has 0 unspecified atom stereocenters. The predicted molar refractivity (Wildman–Crippen MR) is 72.2 cm³/mol. The Morgan fingerprint density at radius 1 is 1.33 bits per heavy atom. The smallest absolute Gasteiger partial charge is 0.159 e. The van der Waals surface area contributed by atoms with E-state index in [1.165, 1.54) is 0 Å². The third kappa shape index (κ3) is 3.57. The minimum Gasteiger partial charge on any atom is -0.490 e. The lowest BCUT2D eigenvalue weighted by Crippen LogP contribution is -2.34. The quantitative estimate of drug-likeness (QED) is 0.789. The highest BCUT2D eigenvalue weighted by Crippen LogP contribution is 2.22. The molecule has 0 bridgehead atoms. The summed E-state index contributed by atoms with van der Waals surface area (Å²) in [6, 6.07) is 5.36. The largest absolute Gasteiger partial charge is 0.490 e. The van der Waals surface area contributed by atoms with Crippen LogP contribution in [0.2, 0.25) is 0 Å². The van der Waals surface area contributed by atoms with E-state index in [0.717, 1.165) is 11.3 Å². The predicted octanol–water partition coefficient (Wildman–Crippen LogP) is 3.13. The van der Waals surface area contributed by atoms with Gasteiger partial charge in [0.25, 0.3) is 0 Å². The van der Waals surface area contributed by atoms with Crippen LogP contribution in [0.25, 0.3) is 0 Å². The summed E-state index contributed by atoms with van der Waals surface area (Å²) in [6.45, 7) is 7.61. The molecule has 18 heavy (non-hydrogen) atoms.